The number of carbonyl (C=O) groups excluding carboxylic acids is 6. The molecule has 3 fully saturated rings. The number of oxazole rings is 1. The minimum atomic E-state index is -2.99. The SMILES string of the molecule is O=C1CCC(N2C(=O)c3ccc(N4CCN(CCOCCOCCCC(=O)c5ccc(-n6cc(NC(=O)c7coc(-c8ccnc(NCC9CC9)c8)n7)c(C(F)F)n6)cc5)CC4)cc3C2=O)C(=O)N1. The summed E-state index contributed by atoms with van der Waals surface area (Å²) < 4.78 is 46.3. The van der Waals surface area contributed by atoms with Crippen LogP contribution in [-0.4, -0.2) is 137 Å². The van der Waals surface area contributed by atoms with Gasteiger partial charge in [0.1, 0.15) is 18.1 Å². The maximum atomic E-state index is 14.1. The number of ketones is 1. The van der Waals surface area contributed by atoms with Crippen molar-refractivity contribution in [1.82, 2.24) is 34.9 Å². The Kier molecular flexibility index (Phi) is 14.2. The quantitative estimate of drug-likeness (QED) is 0.0492. The van der Waals surface area contributed by atoms with Gasteiger partial charge in [0.05, 0.1) is 48.5 Å². The second-order valence-electron chi connectivity index (χ2n) is 17.2. The molecule has 0 radical (unpaired) electrons. The van der Waals surface area contributed by atoms with Crippen LogP contribution in [0.2, 0.25) is 0 Å². The van der Waals surface area contributed by atoms with Crippen LogP contribution in [-0.2, 0) is 19.1 Å². The number of piperidine rings is 1. The first-order valence-corrected chi connectivity index (χ1v) is 23.0. The fourth-order valence-electron chi connectivity index (χ4n) is 8.39. The van der Waals surface area contributed by atoms with E-state index in [1.165, 1.54) is 23.7 Å². The minimum Gasteiger partial charge on any atom is -0.444 e. The molecule has 19 nitrogen and oxygen atoms in total. The zero-order chi connectivity index (χ0) is 48.0. The van der Waals surface area contributed by atoms with Crippen molar-refractivity contribution in [1.29, 1.82) is 0 Å². The first-order chi connectivity index (χ1) is 33.5. The molecular formula is C48H50F2N10O9. The maximum absolute atomic E-state index is 14.1. The number of piperazine rings is 1. The molecule has 0 bridgehead atoms. The second kappa shape index (κ2) is 21.0. The van der Waals surface area contributed by atoms with Crippen LogP contribution in [0.5, 0.6) is 0 Å². The molecule has 5 amide bonds. The first kappa shape index (κ1) is 46.9. The zero-order valence-electron chi connectivity index (χ0n) is 37.5. The number of amides is 5. The molecule has 1 saturated carbocycles. The van der Waals surface area contributed by atoms with E-state index in [2.05, 4.69) is 40.8 Å². The summed E-state index contributed by atoms with van der Waals surface area (Å²) in [5.41, 5.74) is 1.83. The van der Waals surface area contributed by atoms with E-state index in [1.807, 2.05) is 6.07 Å². The predicted molar refractivity (Wildman–Crippen MR) is 244 cm³/mol. The number of fused-ring (bicyclic) bond motifs is 1. The number of ether oxygens (including phenoxy) is 2. The largest absolute Gasteiger partial charge is 0.444 e. The van der Waals surface area contributed by atoms with E-state index < -0.39 is 47.7 Å². The van der Waals surface area contributed by atoms with Crippen molar-refractivity contribution < 1.29 is 51.4 Å². The van der Waals surface area contributed by atoms with Crippen LogP contribution in [0.4, 0.5) is 26.0 Å². The van der Waals surface area contributed by atoms with Gasteiger partial charge in [-0.3, -0.25) is 43.9 Å². The number of alkyl halides is 2. The van der Waals surface area contributed by atoms with Gasteiger partial charge >= 0.3 is 0 Å². The normalized spacial score (nSPS) is 17.4. The summed E-state index contributed by atoms with van der Waals surface area (Å²) in [6.45, 7) is 6.14. The third kappa shape index (κ3) is 11.1. The summed E-state index contributed by atoms with van der Waals surface area (Å²) in [5, 5.41) is 12.0. The summed E-state index contributed by atoms with van der Waals surface area (Å²) in [4.78, 5) is 90.3. The summed E-state index contributed by atoms with van der Waals surface area (Å²) in [5.74, 6) is -1.50. The van der Waals surface area contributed by atoms with Crippen LogP contribution in [0.15, 0.2) is 77.7 Å². The van der Waals surface area contributed by atoms with Gasteiger partial charge in [0.2, 0.25) is 17.7 Å². The molecule has 9 rings (SSSR count). The van der Waals surface area contributed by atoms with Crippen molar-refractivity contribution in [3.8, 4) is 17.1 Å². The molecule has 1 aliphatic carbocycles. The highest BCUT2D eigenvalue weighted by atomic mass is 19.3. The lowest BCUT2D eigenvalue weighted by Crippen LogP contribution is -2.54. The molecule has 3 aliphatic heterocycles. The van der Waals surface area contributed by atoms with Gasteiger partial charge in [-0.1, -0.05) is 0 Å². The molecule has 4 aliphatic rings. The number of pyridine rings is 1. The van der Waals surface area contributed by atoms with Crippen molar-refractivity contribution >= 4 is 52.5 Å². The number of nitrogens with zero attached hydrogens (tertiary/aromatic N) is 7. The summed E-state index contributed by atoms with van der Waals surface area (Å²) in [7, 11) is 0. The number of halogens is 2. The van der Waals surface area contributed by atoms with Crippen LogP contribution >= 0.6 is 0 Å². The fourth-order valence-corrected chi connectivity index (χ4v) is 8.39. The van der Waals surface area contributed by atoms with Gasteiger partial charge in [0, 0.05) is 81.7 Å². The number of nitrogens with one attached hydrogen (secondary N) is 3. The van der Waals surface area contributed by atoms with E-state index in [1.54, 1.807) is 54.7 Å². The van der Waals surface area contributed by atoms with Crippen LogP contribution in [0.1, 0.15) is 92.2 Å². The molecule has 1 atom stereocenters. The van der Waals surface area contributed by atoms with Gasteiger partial charge in [-0.05, 0) is 86.2 Å². The van der Waals surface area contributed by atoms with Crippen molar-refractivity contribution in [3.05, 3.63) is 101 Å². The minimum absolute atomic E-state index is 0.0641. The average Bonchev–Trinajstić information content (AvgIpc) is 3.77. The Morgan fingerprint density at radius 3 is 2.38 bits per heavy atom. The van der Waals surface area contributed by atoms with Gasteiger partial charge in [-0.15, -0.1) is 0 Å². The van der Waals surface area contributed by atoms with Crippen molar-refractivity contribution in [2.45, 2.75) is 51.0 Å². The van der Waals surface area contributed by atoms with E-state index >= 15 is 0 Å². The van der Waals surface area contributed by atoms with Gasteiger partial charge in [0.15, 0.2) is 17.2 Å². The fraction of sp³-hybridized carbons (Fsp3) is 0.396. The Hall–Kier alpha value is -7.23. The zero-order valence-corrected chi connectivity index (χ0v) is 37.5. The van der Waals surface area contributed by atoms with Crippen LogP contribution < -0.4 is 20.9 Å². The molecule has 360 valence electrons. The predicted octanol–water partition coefficient (Wildman–Crippen LogP) is 5.15. The molecule has 3 aromatic heterocycles. The summed E-state index contributed by atoms with van der Waals surface area (Å²) in [6, 6.07) is 14.0. The second-order valence-corrected chi connectivity index (χ2v) is 17.2. The third-order valence-corrected chi connectivity index (χ3v) is 12.4. The van der Waals surface area contributed by atoms with Crippen LogP contribution in [0.25, 0.3) is 17.1 Å². The highest BCUT2D eigenvalue weighted by molar-refractivity contribution is 6.23. The molecule has 2 saturated heterocycles. The number of Topliss-reactive ketones (excluding diaryl/α,β-unsaturated/α-hetero) is 1. The topological polar surface area (TPSA) is 223 Å². The van der Waals surface area contributed by atoms with Crippen LogP contribution in [0.3, 0.4) is 0 Å². The maximum Gasteiger partial charge on any atom is 0.284 e. The van der Waals surface area contributed by atoms with Crippen LogP contribution in [0, 0.1) is 5.92 Å². The molecule has 6 heterocycles. The Bertz CT molecular complexity index is 2730. The third-order valence-electron chi connectivity index (χ3n) is 12.4. The van der Waals surface area contributed by atoms with E-state index in [4.69, 9.17) is 13.9 Å². The number of benzene rings is 2. The summed E-state index contributed by atoms with van der Waals surface area (Å²) in [6.07, 6.45) is 4.32. The summed E-state index contributed by atoms with van der Waals surface area (Å²) >= 11 is 0. The Balaban J connectivity index is 0.655. The lowest BCUT2D eigenvalue weighted by atomic mass is 10.0. The van der Waals surface area contributed by atoms with E-state index in [0.717, 1.165) is 43.0 Å². The van der Waals surface area contributed by atoms with E-state index in [-0.39, 0.29) is 53.4 Å². The van der Waals surface area contributed by atoms with Gasteiger partial charge in [0.25, 0.3) is 24.1 Å². The Morgan fingerprint density at radius 1 is 0.870 bits per heavy atom. The first-order valence-electron chi connectivity index (χ1n) is 23.0. The molecule has 21 heteroatoms. The molecular weight excluding hydrogens is 899 g/mol. The number of anilines is 3. The number of rotatable bonds is 21. The van der Waals surface area contributed by atoms with Gasteiger partial charge in [-0.25, -0.2) is 23.4 Å². The highest BCUT2D eigenvalue weighted by Crippen LogP contribution is 2.33. The number of hydrogen-bond acceptors (Lipinski definition) is 15. The molecule has 5 aromatic rings. The molecule has 2 aromatic carbocycles. The van der Waals surface area contributed by atoms with Crippen molar-refractivity contribution in [2.24, 2.45) is 5.92 Å². The number of hydrogen-bond donors (Lipinski definition) is 3. The number of imide groups is 2. The number of carbonyl (C=O) groups is 6. The molecule has 1 unspecified atom stereocenters. The Labute approximate surface area is 394 Å². The lowest BCUT2D eigenvalue weighted by molar-refractivity contribution is -0.136. The molecule has 69 heavy (non-hydrogen) atoms. The van der Waals surface area contributed by atoms with Crippen molar-refractivity contribution in [2.75, 3.05) is 81.2 Å². The molecule has 3 N–H and O–H groups in total. The number of aromatic nitrogens is 4. The van der Waals surface area contributed by atoms with Gasteiger partial charge < -0.3 is 29.4 Å². The molecule has 0 spiro atoms. The standard InChI is InChI=1S/C48H50F2N10O9/c49-43(50)42-36(53-44(63)37-28-69-46(54-37)31-13-14-51-40(24-31)52-26-29-3-4-29)27-59(56-42)32-7-5-30(6-8-32)39(61)2-1-20-67-22-23-68-21-19-57-15-17-58(18-16-57)33-9-10-34-35(25-33)48(66)60(47(34)65)38-11-12-41(62)55-45(38)64/h5-10,13-14,24-25,27-29,38,43H,1-4,11-12,15-23,26H2,(H,51,52)(H,53,63)(H,55,62,64). The van der Waals surface area contributed by atoms with Crippen molar-refractivity contribution in [3.63, 3.8) is 0 Å². The monoisotopic (exact) mass is 948 g/mol. The van der Waals surface area contributed by atoms with E-state index in [0.29, 0.717) is 74.5 Å². The Morgan fingerprint density at radius 2 is 1.62 bits per heavy atom. The average molecular weight is 949 g/mol. The highest BCUT2D eigenvalue weighted by Gasteiger charge is 2.45. The smallest absolute Gasteiger partial charge is 0.284 e. The lowest BCUT2D eigenvalue weighted by Gasteiger charge is -2.36. The van der Waals surface area contributed by atoms with Gasteiger partial charge in [-0.2, -0.15) is 5.10 Å². The van der Waals surface area contributed by atoms with E-state index in [9.17, 15) is 37.5 Å².